The van der Waals surface area contributed by atoms with Gasteiger partial charge in [-0.2, -0.15) is 0 Å². The Morgan fingerprint density at radius 1 is 1.10 bits per heavy atom. The number of hydrogen-bond donors (Lipinski definition) is 0. The van der Waals surface area contributed by atoms with E-state index in [0.29, 0.717) is 23.7 Å². The first-order valence-electron chi connectivity index (χ1n) is 10.5. The average molecular weight is 453 g/mol. The normalized spacial score (nSPS) is 15.4. The average Bonchev–Trinajstić information content (AvgIpc) is 3.28. The number of halogens is 1. The third-order valence-electron chi connectivity index (χ3n) is 5.60. The monoisotopic (exact) mass is 452 g/mol. The van der Waals surface area contributed by atoms with E-state index in [2.05, 4.69) is 11.4 Å². The predicted molar refractivity (Wildman–Crippen MR) is 126 cm³/mol. The molecule has 1 aromatic heterocycles. The van der Waals surface area contributed by atoms with Crippen molar-refractivity contribution in [2.45, 2.75) is 25.8 Å². The fraction of sp³-hybridized carbons (Fsp3) is 0.280. The van der Waals surface area contributed by atoms with Crippen LogP contribution < -0.4 is 0 Å². The quantitative estimate of drug-likeness (QED) is 0.500. The van der Waals surface area contributed by atoms with E-state index in [0.717, 1.165) is 18.4 Å². The summed E-state index contributed by atoms with van der Waals surface area (Å²) in [4.78, 5) is 31.4. The highest BCUT2D eigenvalue weighted by atomic mass is 35.5. The molecular weight excluding hydrogens is 428 g/mol. The topological polar surface area (TPSA) is 40.6 Å². The Hall–Kier alpha value is -2.63. The number of nitrogens with zero attached hydrogens (tertiary/aromatic N) is 2. The lowest BCUT2D eigenvalue weighted by molar-refractivity contribution is -0.134. The molecule has 160 valence electrons. The largest absolute Gasteiger partial charge is 0.330 e. The zero-order chi connectivity index (χ0) is 21.8. The van der Waals surface area contributed by atoms with E-state index in [-0.39, 0.29) is 24.4 Å². The minimum absolute atomic E-state index is 0.0328. The Balaban J connectivity index is 1.61. The van der Waals surface area contributed by atoms with Gasteiger partial charge in [0.25, 0.3) is 5.91 Å². The van der Waals surface area contributed by atoms with Crippen molar-refractivity contribution >= 4 is 34.8 Å². The molecule has 1 atom stereocenters. The van der Waals surface area contributed by atoms with Crippen molar-refractivity contribution in [3.05, 3.63) is 92.6 Å². The van der Waals surface area contributed by atoms with Crippen molar-refractivity contribution < 1.29 is 9.59 Å². The van der Waals surface area contributed by atoms with Gasteiger partial charge < -0.3 is 9.80 Å². The van der Waals surface area contributed by atoms with Crippen molar-refractivity contribution in [1.29, 1.82) is 0 Å². The van der Waals surface area contributed by atoms with Crippen LogP contribution >= 0.6 is 22.9 Å². The first-order valence-corrected chi connectivity index (χ1v) is 11.8. The van der Waals surface area contributed by atoms with E-state index in [1.165, 1.54) is 10.4 Å². The minimum atomic E-state index is -0.157. The molecular formula is C25H25ClN2O2S. The highest BCUT2D eigenvalue weighted by molar-refractivity contribution is 7.10. The molecule has 31 heavy (non-hydrogen) atoms. The van der Waals surface area contributed by atoms with Gasteiger partial charge in [-0.1, -0.05) is 48.9 Å². The van der Waals surface area contributed by atoms with Crippen LogP contribution in [0.1, 0.15) is 45.7 Å². The van der Waals surface area contributed by atoms with Gasteiger partial charge in [0.15, 0.2) is 0 Å². The molecule has 0 spiro atoms. The third-order valence-corrected chi connectivity index (χ3v) is 6.85. The van der Waals surface area contributed by atoms with Gasteiger partial charge in [-0.25, -0.2) is 0 Å². The molecule has 2 heterocycles. The SMILES string of the molecule is CCCN(CC(=O)N1CCc2sccc2[C@H]1c1ccc(Cl)cc1)C(=O)c1ccccc1. The van der Waals surface area contributed by atoms with Gasteiger partial charge in [0.2, 0.25) is 5.91 Å². The molecule has 1 aliphatic heterocycles. The molecule has 4 nitrogen and oxygen atoms in total. The third kappa shape index (κ3) is 4.68. The first kappa shape index (κ1) is 21.6. The van der Waals surface area contributed by atoms with Crippen molar-refractivity contribution in [1.82, 2.24) is 9.80 Å². The number of hydrogen-bond acceptors (Lipinski definition) is 3. The maximum absolute atomic E-state index is 13.5. The summed E-state index contributed by atoms with van der Waals surface area (Å²) < 4.78 is 0. The second kappa shape index (κ2) is 9.67. The molecule has 0 fully saturated rings. The summed E-state index contributed by atoms with van der Waals surface area (Å²) in [6, 6.07) is 18.8. The van der Waals surface area contributed by atoms with Gasteiger partial charge >= 0.3 is 0 Å². The molecule has 2 amide bonds. The minimum Gasteiger partial charge on any atom is -0.330 e. The highest BCUT2D eigenvalue weighted by Gasteiger charge is 2.34. The van der Waals surface area contributed by atoms with Crippen LogP contribution in [0.15, 0.2) is 66.0 Å². The lowest BCUT2D eigenvalue weighted by Crippen LogP contribution is -2.47. The van der Waals surface area contributed by atoms with Crippen LogP contribution in [0, 0.1) is 0 Å². The molecule has 0 N–H and O–H groups in total. The highest BCUT2D eigenvalue weighted by Crippen LogP contribution is 2.38. The standard InChI is InChI=1S/C25H25ClN2O2S/c1-2-14-27(25(30)19-6-4-3-5-7-19)17-23(29)28-15-12-22-21(13-16-31-22)24(28)18-8-10-20(26)11-9-18/h3-11,13,16,24H,2,12,14-15,17H2,1H3/t24-/m1/s1. The Labute approximate surface area is 192 Å². The molecule has 0 aliphatic carbocycles. The fourth-order valence-electron chi connectivity index (χ4n) is 4.13. The van der Waals surface area contributed by atoms with Gasteiger partial charge in [0, 0.05) is 28.6 Å². The van der Waals surface area contributed by atoms with E-state index < -0.39 is 0 Å². The molecule has 4 rings (SSSR count). The number of carbonyl (C=O) groups excluding carboxylic acids is 2. The number of rotatable bonds is 6. The smallest absolute Gasteiger partial charge is 0.254 e. The van der Waals surface area contributed by atoms with Crippen molar-refractivity contribution in [2.24, 2.45) is 0 Å². The molecule has 2 aromatic carbocycles. The number of thiophene rings is 1. The van der Waals surface area contributed by atoms with E-state index in [1.54, 1.807) is 28.4 Å². The van der Waals surface area contributed by atoms with E-state index >= 15 is 0 Å². The van der Waals surface area contributed by atoms with E-state index in [9.17, 15) is 9.59 Å². The molecule has 1 aliphatic rings. The summed E-state index contributed by atoms with van der Waals surface area (Å²) in [5, 5.41) is 2.76. The molecule has 0 bridgehead atoms. The van der Waals surface area contributed by atoms with Crippen molar-refractivity contribution in [2.75, 3.05) is 19.6 Å². The lowest BCUT2D eigenvalue weighted by Gasteiger charge is -2.37. The molecule has 0 radical (unpaired) electrons. The molecule has 6 heteroatoms. The van der Waals surface area contributed by atoms with Gasteiger partial charge in [-0.3, -0.25) is 9.59 Å². The predicted octanol–water partition coefficient (Wildman–Crippen LogP) is 5.43. The van der Waals surface area contributed by atoms with Crippen LogP contribution in [0.25, 0.3) is 0 Å². The summed E-state index contributed by atoms with van der Waals surface area (Å²) in [5.74, 6) is -0.137. The van der Waals surface area contributed by atoms with E-state index in [1.807, 2.05) is 54.3 Å². The first-order chi connectivity index (χ1) is 15.1. The zero-order valence-corrected chi connectivity index (χ0v) is 19.0. The Kier molecular flexibility index (Phi) is 6.73. The van der Waals surface area contributed by atoms with Gasteiger partial charge in [0.05, 0.1) is 6.04 Å². The number of amides is 2. The van der Waals surface area contributed by atoms with Crippen molar-refractivity contribution in [3.63, 3.8) is 0 Å². The summed E-state index contributed by atoms with van der Waals surface area (Å²) in [5.41, 5.74) is 2.81. The van der Waals surface area contributed by atoms with Crippen LogP contribution in [-0.2, 0) is 11.2 Å². The summed E-state index contributed by atoms with van der Waals surface area (Å²) >= 11 is 7.84. The summed E-state index contributed by atoms with van der Waals surface area (Å²) in [7, 11) is 0. The number of benzene rings is 2. The molecule has 3 aromatic rings. The van der Waals surface area contributed by atoms with Gasteiger partial charge in [-0.15, -0.1) is 11.3 Å². The second-order valence-corrected chi connectivity index (χ2v) is 9.12. The number of carbonyl (C=O) groups is 2. The lowest BCUT2D eigenvalue weighted by atomic mass is 9.93. The number of fused-ring (bicyclic) bond motifs is 1. The fourth-order valence-corrected chi connectivity index (χ4v) is 5.16. The summed E-state index contributed by atoms with van der Waals surface area (Å²) in [6.07, 6.45) is 1.63. The molecule has 0 unspecified atom stereocenters. The maximum atomic E-state index is 13.5. The van der Waals surface area contributed by atoms with Crippen LogP contribution in [0.3, 0.4) is 0 Å². The van der Waals surface area contributed by atoms with Crippen LogP contribution in [0.5, 0.6) is 0 Å². The van der Waals surface area contributed by atoms with Crippen LogP contribution in [0.4, 0.5) is 0 Å². The molecule has 0 saturated heterocycles. The Morgan fingerprint density at radius 3 is 2.55 bits per heavy atom. The van der Waals surface area contributed by atoms with Gasteiger partial charge in [0.1, 0.15) is 6.54 Å². The van der Waals surface area contributed by atoms with Crippen molar-refractivity contribution in [3.8, 4) is 0 Å². The van der Waals surface area contributed by atoms with Crippen LogP contribution in [0.2, 0.25) is 5.02 Å². The Morgan fingerprint density at radius 2 is 1.84 bits per heavy atom. The summed E-state index contributed by atoms with van der Waals surface area (Å²) in [6.45, 7) is 3.28. The molecule has 0 saturated carbocycles. The van der Waals surface area contributed by atoms with Gasteiger partial charge in [-0.05, 0) is 59.7 Å². The Bertz CT molecular complexity index is 1050. The second-order valence-electron chi connectivity index (χ2n) is 7.68. The van der Waals surface area contributed by atoms with Crippen LogP contribution in [-0.4, -0.2) is 41.2 Å². The maximum Gasteiger partial charge on any atom is 0.254 e. The van der Waals surface area contributed by atoms with E-state index in [4.69, 9.17) is 11.6 Å². The zero-order valence-electron chi connectivity index (χ0n) is 17.5.